The summed E-state index contributed by atoms with van der Waals surface area (Å²) < 4.78 is 5.88. The third-order valence-corrected chi connectivity index (χ3v) is 4.08. The van der Waals surface area contributed by atoms with E-state index < -0.39 is 0 Å². The van der Waals surface area contributed by atoms with Crippen molar-refractivity contribution in [3.8, 4) is 0 Å². The highest BCUT2D eigenvalue weighted by Crippen LogP contribution is 2.26. The van der Waals surface area contributed by atoms with Crippen LogP contribution >= 0.6 is 47.2 Å². The Bertz CT molecular complexity index is 543. The summed E-state index contributed by atoms with van der Waals surface area (Å²) in [7, 11) is 0. The number of thiocarbonyl (C=S) groups is 1. The van der Waals surface area contributed by atoms with E-state index in [1.165, 1.54) is 11.8 Å². The molecule has 0 saturated heterocycles. The number of hydrogen-bond acceptors (Lipinski definition) is 3. The summed E-state index contributed by atoms with van der Waals surface area (Å²) in [5.74, 6) is 1.58. The van der Waals surface area contributed by atoms with Gasteiger partial charge in [0.05, 0.1) is 22.1 Å². The average molecular weight is 318 g/mol. The molecule has 2 nitrogen and oxygen atoms in total. The van der Waals surface area contributed by atoms with Gasteiger partial charge < -0.3 is 9.73 Å². The molecule has 0 aliphatic carbocycles. The molecular weight excluding hydrogens is 309 g/mol. The second-order valence-corrected chi connectivity index (χ2v) is 5.88. The SMILES string of the molecule is S=C(Nc1ccc(Cl)c(Cl)c1)SCc1ccco1. The molecule has 0 radical (unpaired) electrons. The van der Waals surface area contributed by atoms with Crippen molar-refractivity contribution in [2.75, 3.05) is 5.32 Å². The van der Waals surface area contributed by atoms with Crippen molar-refractivity contribution in [1.82, 2.24) is 0 Å². The number of benzene rings is 1. The van der Waals surface area contributed by atoms with E-state index in [-0.39, 0.29) is 0 Å². The van der Waals surface area contributed by atoms with Gasteiger partial charge in [0.2, 0.25) is 0 Å². The van der Waals surface area contributed by atoms with Crippen LogP contribution in [0.25, 0.3) is 0 Å². The first kappa shape index (κ1) is 13.7. The van der Waals surface area contributed by atoms with E-state index >= 15 is 0 Å². The Labute approximate surface area is 125 Å². The third-order valence-electron chi connectivity index (χ3n) is 2.09. The summed E-state index contributed by atoms with van der Waals surface area (Å²) in [6.45, 7) is 0. The molecule has 6 heteroatoms. The van der Waals surface area contributed by atoms with Crippen molar-refractivity contribution in [2.24, 2.45) is 0 Å². The number of nitrogens with one attached hydrogen (secondary N) is 1. The van der Waals surface area contributed by atoms with Crippen LogP contribution in [-0.2, 0) is 5.75 Å². The normalized spacial score (nSPS) is 10.3. The van der Waals surface area contributed by atoms with Crippen LogP contribution in [0.2, 0.25) is 10.0 Å². The lowest BCUT2D eigenvalue weighted by Gasteiger charge is -2.07. The van der Waals surface area contributed by atoms with Crippen molar-refractivity contribution in [2.45, 2.75) is 5.75 Å². The molecule has 18 heavy (non-hydrogen) atoms. The van der Waals surface area contributed by atoms with Gasteiger partial charge in [-0.05, 0) is 30.3 Å². The van der Waals surface area contributed by atoms with Gasteiger partial charge >= 0.3 is 0 Å². The Kier molecular flexibility index (Phi) is 4.95. The average Bonchev–Trinajstić information content (AvgIpc) is 2.84. The highest BCUT2D eigenvalue weighted by atomic mass is 35.5. The first-order chi connectivity index (χ1) is 8.65. The molecule has 0 bridgehead atoms. The van der Waals surface area contributed by atoms with Gasteiger partial charge in [0.15, 0.2) is 0 Å². The van der Waals surface area contributed by atoms with E-state index in [0.29, 0.717) is 20.1 Å². The van der Waals surface area contributed by atoms with Crippen molar-refractivity contribution in [1.29, 1.82) is 0 Å². The van der Waals surface area contributed by atoms with Gasteiger partial charge in [-0.2, -0.15) is 0 Å². The van der Waals surface area contributed by atoms with Gasteiger partial charge in [-0.1, -0.05) is 47.2 Å². The van der Waals surface area contributed by atoms with E-state index in [2.05, 4.69) is 5.32 Å². The van der Waals surface area contributed by atoms with Gasteiger partial charge in [-0.15, -0.1) is 0 Å². The maximum Gasteiger partial charge on any atom is 0.138 e. The standard InChI is InChI=1S/C12H9Cl2NOS2/c13-10-4-3-8(6-11(10)14)15-12(17)18-7-9-2-1-5-16-9/h1-6H,7H2,(H,15,17). The van der Waals surface area contributed by atoms with E-state index in [0.717, 1.165) is 11.4 Å². The number of thioether (sulfide) groups is 1. The summed E-state index contributed by atoms with van der Waals surface area (Å²) in [6, 6.07) is 9.06. The summed E-state index contributed by atoms with van der Waals surface area (Å²) in [5.41, 5.74) is 0.821. The molecule has 0 unspecified atom stereocenters. The predicted octanol–water partition coefficient (Wildman–Crippen LogP) is 5.22. The first-order valence-corrected chi connectivity index (χ1v) is 7.21. The number of rotatable bonds is 3. The maximum absolute atomic E-state index is 5.92. The van der Waals surface area contributed by atoms with Gasteiger partial charge in [-0.3, -0.25) is 0 Å². The molecule has 0 amide bonds. The van der Waals surface area contributed by atoms with Crippen LogP contribution in [0.1, 0.15) is 5.76 Å². The molecule has 94 valence electrons. The first-order valence-electron chi connectivity index (χ1n) is 5.06. The lowest BCUT2D eigenvalue weighted by Crippen LogP contribution is -2.04. The van der Waals surface area contributed by atoms with Gasteiger partial charge in [-0.25, -0.2) is 0 Å². The van der Waals surface area contributed by atoms with E-state index in [1.54, 1.807) is 18.4 Å². The second kappa shape index (κ2) is 6.48. The zero-order chi connectivity index (χ0) is 13.0. The zero-order valence-electron chi connectivity index (χ0n) is 9.15. The molecule has 0 saturated carbocycles. The Morgan fingerprint density at radius 1 is 1.28 bits per heavy atom. The van der Waals surface area contributed by atoms with Crippen LogP contribution in [0.4, 0.5) is 5.69 Å². The Morgan fingerprint density at radius 2 is 2.11 bits per heavy atom. The molecule has 0 aliphatic heterocycles. The lowest BCUT2D eigenvalue weighted by atomic mass is 10.3. The van der Waals surface area contributed by atoms with Crippen molar-refractivity contribution in [3.05, 3.63) is 52.4 Å². The van der Waals surface area contributed by atoms with E-state index in [4.69, 9.17) is 39.8 Å². The minimum atomic E-state index is 0.500. The minimum absolute atomic E-state index is 0.500. The van der Waals surface area contributed by atoms with Gasteiger partial charge in [0.25, 0.3) is 0 Å². The van der Waals surface area contributed by atoms with E-state index in [1.807, 2.05) is 18.2 Å². The van der Waals surface area contributed by atoms with Gasteiger partial charge in [0.1, 0.15) is 10.1 Å². The number of anilines is 1. The highest BCUT2D eigenvalue weighted by Gasteiger charge is 2.04. The monoisotopic (exact) mass is 317 g/mol. The zero-order valence-corrected chi connectivity index (χ0v) is 12.3. The third kappa shape index (κ3) is 3.92. The number of hydrogen-bond donors (Lipinski definition) is 1. The Balaban J connectivity index is 1.88. The molecule has 1 aromatic heterocycles. The van der Waals surface area contributed by atoms with Crippen LogP contribution < -0.4 is 5.32 Å². The Morgan fingerprint density at radius 3 is 2.78 bits per heavy atom. The fraction of sp³-hybridized carbons (Fsp3) is 0.0833. The molecule has 0 atom stereocenters. The summed E-state index contributed by atoms with van der Waals surface area (Å²) >= 11 is 18.5. The summed E-state index contributed by atoms with van der Waals surface area (Å²) in [5, 5.41) is 4.11. The largest absolute Gasteiger partial charge is 0.468 e. The van der Waals surface area contributed by atoms with Crippen LogP contribution in [-0.4, -0.2) is 4.32 Å². The molecule has 1 aromatic carbocycles. The molecule has 0 spiro atoms. The van der Waals surface area contributed by atoms with E-state index in [9.17, 15) is 0 Å². The molecule has 0 aliphatic rings. The van der Waals surface area contributed by atoms with Crippen LogP contribution in [0.5, 0.6) is 0 Å². The smallest absolute Gasteiger partial charge is 0.138 e. The quantitative estimate of drug-likeness (QED) is 0.785. The van der Waals surface area contributed by atoms with Gasteiger partial charge in [0, 0.05) is 5.69 Å². The highest BCUT2D eigenvalue weighted by molar-refractivity contribution is 8.22. The van der Waals surface area contributed by atoms with Crippen molar-refractivity contribution < 1.29 is 4.42 Å². The summed E-state index contributed by atoms with van der Waals surface area (Å²) in [6.07, 6.45) is 1.64. The molecule has 2 aromatic rings. The molecule has 1 heterocycles. The fourth-order valence-corrected chi connectivity index (χ4v) is 2.48. The number of furan rings is 1. The van der Waals surface area contributed by atoms with Crippen molar-refractivity contribution in [3.63, 3.8) is 0 Å². The molecule has 0 fully saturated rings. The fourth-order valence-electron chi connectivity index (χ4n) is 1.26. The minimum Gasteiger partial charge on any atom is -0.468 e. The van der Waals surface area contributed by atoms with Crippen molar-refractivity contribution >= 4 is 57.2 Å². The predicted molar refractivity (Wildman–Crippen MR) is 82.7 cm³/mol. The summed E-state index contributed by atoms with van der Waals surface area (Å²) in [4.78, 5) is 0. The second-order valence-electron chi connectivity index (χ2n) is 3.41. The number of halogens is 2. The molecule has 2 rings (SSSR count). The lowest BCUT2D eigenvalue weighted by molar-refractivity contribution is 0.530. The Hall–Kier alpha value is -0.680. The molecular formula is C12H9Cl2NOS2. The maximum atomic E-state index is 5.92. The topological polar surface area (TPSA) is 25.2 Å². The van der Waals surface area contributed by atoms with Crippen LogP contribution in [0.15, 0.2) is 41.0 Å². The van der Waals surface area contributed by atoms with Crippen LogP contribution in [0, 0.1) is 0 Å². The molecule has 1 N–H and O–H groups in total. The van der Waals surface area contributed by atoms with Crippen LogP contribution in [0.3, 0.4) is 0 Å².